The van der Waals surface area contributed by atoms with Crippen LogP contribution in [-0.4, -0.2) is 36.4 Å². The first-order chi connectivity index (χ1) is 20.4. The highest BCUT2D eigenvalue weighted by Crippen LogP contribution is 2.44. The quantitative estimate of drug-likeness (QED) is 0.203. The lowest BCUT2D eigenvalue weighted by molar-refractivity contribution is -0.160. The first-order valence-corrected chi connectivity index (χ1v) is 15.1. The van der Waals surface area contributed by atoms with Crippen molar-refractivity contribution >= 4 is 50.0 Å². The van der Waals surface area contributed by atoms with E-state index in [9.17, 15) is 9.90 Å². The molecule has 1 N–H and O–H groups in total. The maximum Gasteiger partial charge on any atom is 0.337 e. The second-order valence-electron chi connectivity index (χ2n) is 11.7. The second kappa shape index (κ2) is 10.9. The first kappa shape index (κ1) is 29.0. The van der Waals surface area contributed by atoms with Crippen LogP contribution in [0.4, 0.5) is 0 Å². The number of aryl methyl sites for hydroxylation is 3. The third-order valence-electron chi connectivity index (χ3n) is 7.41. The van der Waals surface area contributed by atoms with Crippen molar-refractivity contribution in [3.05, 3.63) is 88.8 Å². The molecule has 0 saturated heterocycles. The molecule has 0 aliphatic heterocycles. The van der Waals surface area contributed by atoms with Crippen LogP contribution in [0.2, 0.25) is 5.02 Å². The van der Waals surface area contributed by atoms with E-state index in [1.807, 2.05) is 89.1 Å². The molecule has 3 heterocycles. The van der Waals surface area contributed by atoms with Crippen LogP contribution in [0.3, 0.4) is 0 Å². The normalized spacial score (nSPS) is 12.7. The summed E-state index contributed by atoms with van der Waals surface area (Å²) >= 11 is 7.76. The largest absolute Gasteiger partial charge is 0.479 e. The van der Waals surface area contributed by atoms with Gasteiger partial charge in [0.2, 0.25) is 0 Å². The molecular weight excluding hydrogens is 580 g/mol. The predicted octanol–water partition coefficient (Wildman–Crippen LogP) is 8.79. The number of thiazole rings is 1. The maximum absolute atomic E-state index is 12.6. The Balaban J connectivity index is 1.55. The Morgan fingerprint density at radius 3 is 2.42 bits per heavy atom. The molecule has 0 radical (unpaired) electrons. The van der Waals surface area contributed by atoms with E-state index >= 15 is 0 Å². The van der Waals surface area contributed by atoms with Crippen LogP contribution in [0.5, 0.6) is 0 Å². The average Bonchev–Trinajstić information content (AvgIpc) is 3.54. The Kier molecular flexibility index (Phi) is 7.32. The zero-order valence-corrected chi connectivity index (χ0v) is 26.3. The highest BCUT2D eigenvalue weighted by atomic mass is 35.5. The van der Waals surface area contributed by atoms with Gasteiger partial charge in [-0.25, -0.2) is 9.78 Å². The minimum atomic E-state index is -1.17. The molecule has 0 fully saturated rings. The summed E-state index contributed by atoms with van der Waals surface area (Å²) in [6, 6.07) is 17.8. The second-order valence-corrected chi connectivity index (χ2v) is 13.1. The molecule has 3 aromatic carbocycles. The summed E-state index contributed by atoms with van der Waals surface area (Å²) in [5.74, 6) is -1.05. The number of hydrogen-bond donors (Lipinski definition) is 1. The van der Waals surface area contributed by atoms with E-state index in [2.05, 4.69) is 29.4 Å². The summed E-state index contributed by atoms with van der Waals surface area (Å²) in [4.78, 5) is 22.4. The van der Waals surface area contributed by atoms with Gasteiger partial charge in [0.25, 0.3) is 0 Å². The molecule has 0 saturated carbocycles. The molecule has 43 heavy (non-hydrogen) atoms. The number of rotatable bonds is 6. The lowest BCUT2D eigenvalue weighted by Crippen LogP contribution is -2.28. The van der Waals surface area contributed by atoms with Crippen molar-refractivity contribution in [2.45, 2.75) is 46.3 Å². The van der Waals surface area contributed by atoms with Gasteiger partial charge in [0.15, 0.2) is 6.10 Å². The zero-order valence-electron chi connectivity index (χ0n) is 24.8. The van der Waals surface area contributed by atoms with Gasteiger partial charge in [-0.05, 0) is 87.7 Å². The van der Waals surface area contributed by atoms with Gasteiger partial charge in [0, 0.05) is 51.6 Å². The van der Waals surface area contributed by atoms with Crippen molar-refractivity contribution in [1.82, 2.24) is 19.7 Å². The smallest absolute Gasteiger partial charge is 0.337 e. The molecule has 7 nitrogen and oxygen atoms in total. The molecule has 6 aromatic rings. The highest BCUT2D eigenvalue weighted by molar-refractivity contribution is 7.22. The Bertz CT molecular complexity index is 2020. The van der Waals surface area contributed by atoms with Crippen LogP contribution in [-0.2, 0) is 16.6 Å². The number of ether oxygens (including phenoxy) is 1. The number of carboxylic acids is 1. The van der Waals surface area contributed by atoms with Crippen LogP contribution >= 0.6 is 22.9 Å². The van der Waals surface area contributed by atoms with Crippen LogP contribution < -0.4 is 0 Å². The van der Waals surface area contributed by atoms with Crippen LogP contribution in [0.15, 0.2) is 67.0 Å². The third kappa shape index (κ3) is 5.54. The van der Waals surface area contributed by atoms with Gasteiger partial charge in [-0.2, -0.15) is 5.10 Å². The minimum absolute atomic E-state index is 0.600. The number of aromatic nitrogens is 4. The summed E-state index contributed by atoms with van der Waals surface area (Å²) in [6.07, 6.45) is 2.54. The summed E-state index contributed by atoms with van der Waals surface area (Å²) < 4.78 is 8.88. The summed E-state index contributed by atoms with van der Waals surface area (Å²) in [7, 11) is 1.93. The van der Waals surface area contributed by atoms with Crippen LogP contribution in [0, 0.1) is 13.8 Å². The fraction of sp³-hybridized carbons (Fsp3) is 0.235. The van der Waals surface area contributed by atoms with E-state index in [-0.39, 0.29) is 0 Å². The number of carbonyl (C=O) groups is 1. The van der Waals surface area contributed by atoms with E-state index < -0.39 is 17.7 Å². The van der Waals surface area contributed by atoms with Gasteiger partial charge in [-0.15, -0.1) is 11.3 Å². The third-order valence-corrected chi connectivity index (χ3v) is 8.80. The summed E-state index contributed by atoms with van der Waals surface area (Å²) in [5.41, 5.74) is 8.07. The molecule has 3 aromatic heterocycles. The van der Waals surface area contributed by atoms with Crippen LogP contribution in [0.25, 0.3) is 53.9 Å². The number of nitrogens with zero attached hydrogens (tertiary/aromatic N) is 4. The number of pyridine rings is 1. The fourth-order valence-electron chi connectivity index (χ4n) is 5.44. The minimum Gasteiger partial charge on any atom is -0.479 e. The lowest BCUT2D eigenvalue weighted by atomic mass is 9.91. The van der Waals surface area contributed by atoms with Crippen molar-refractivity contribution in [2.75, 3.05) is 0 Å². The fourth-order valence-corrected chi connectivity index (χ4v) is 6.67. The van der Waals surface area contributed by atoms with E-state index in [0.717, 1.165) is 65.2 Å². The molecule has 9 heteroatoms. The molecule has 0 aliphatic rings. The van der Waals surface area contributed by atoms with E-state index in [0.29, 0.717) is 10.6 Å². The SMILES string of the molecule is Cc1cc2nc(-c3cnc(C)c(-c4ccc5c(cnn5C)c4)c3)sc2c(-c2ccc(Cl)cc2)c1[C@H](OC(C)(C)C)C(=O)O. The number of hydrogen-bond acceptors (Lipinski definition) is 6. The average molecular weight is 611 g/mol. The Morgan fingerprint density at radius 2 is 1.72 bits per heavy atom. The van der Waals surface area contributed by atoms with Gasteiger partial charge in [-0.3, -0.25) is 9.67 Å². The maximum atomic E-state index is 12.6. The zero-order chi connectivity index (χ0) is 30.6. The number of benzene rings is 3. The molecule has 218 valence electrons. The number of fused-ring (bicyclic) bond motifs is 2. The molecule has 0 bridgehead atoms. The molecule has 0 spiro atoms. The number of carboxylic acid groups (broad SMARTS) is 1. The van der Waals surface area contributed by atoms with Gasteiger partial charge in [-0.1, -0.05) is 29.8 Å². The predicted molar refractivity (Wildman–Crippen MR) is 174 cm³/mol. The first-order valence-electron chi connectivity index (χ1n) is 13.9. The molecule has 1 atom stereocenters. The molecule has 0 amide bonds. The van der Waals surface area contributed by atoms with Gasteiger partial charge in [0.05, 0.1) is 27.5 Å². The summed E-state index contributed by atoms with van der Waals surface area (Å²) in [5, 5.41) is 17.2. The standard InChI is InChI=1S/C34H31ClN4O3S/c1-18-13-26-31(29(20-7-10-24(35)11-8-20)28(18)30(33(40)41)42-34(3,4)5)43-32(38-26)23-15-25(19(2)36-16-23)21-9-12-27-22(14-21)17-37-39(27)6/h7-17,30H,1-6H3,(H,40,41)/t30-/m0/s1. The van der Waals surface area contributed by atoms with Crippen molar-refractivity contribution in [2.24, 2.45) is 7.05 Å². The number of halogens is 1. The van der Waals surface area contributed by atoms with Crippen LogP contribution in [0.1, 0.15) is 43.7 Å². The lowest BCUT2D eigenvalue weighted by Gasteiger charge is -2.28. The number of aliphatic carboxylic acids is 1. The van der Waals surface area contributed by atoms with E-state index in [4.69, 9.17) is 26.3 Å². The molecule has 6 rings (SSSR count). The molecule has 0 aliphatic carbocycles. The Morgan fingerprint density at radius 1 is 1.00 bits per heavy atom. The summed E-state index contributed by atoms with van der Waals surface area (Å²) in [6.45, 7) is 9.49. The van der Waals surface area contributed by atoms with Gasteiger partial charge >= 0.3 is 5.97 Å². The Labute approximate surface area is 258 Å². The highest BCUT2D eigenvalue weighted by Gasteiger charge is 2.32. The molecule has 0 unspecified atom stereocenters. The van der Waals surface area contributed by atoms with E-state index in [1.165, 1.54) is 11.3 Å². The van der Waals surface area contributed by atoms with Crippen molar-refractivity contribution in [1.29, 1.82) is 0 Å². The topological polar surface area (TPSA) is 90.1 Å². The molecular formula is C34H31ClN4O3S. The van der Waals surface area contributed by atoms with Gasteiger partial charge < -0.3 is 9.84 Å². The van der Waals surface area contributed by atoms with Crippen molar-refractivity contribution in [3.63, 3.8) is 0 Å². The van der Waals surface area contributed by atoms with Crippen molar-refractivity contribution < 1.29 is 14.6 Å². The van der Waals surface area contributed by atoms with Crippen molar-refractivity contribution in [3.8, 4) is 32.8 Å². The van der Waals surface area contributed by atoms with E-state index in [1.54, 1.807) is 0 Å². The monoisotopic (exact) mass is 610 g/mol. The Hall–Kier alpha value is -4.11. The van der Waals surface area contributed by atoms with Gasteiger partial charge in [0.1, 0.15) is 5.01 Å².